The minimum absolute atomic E-state index is 0.0464. The van der Waals surface area contributed by atoms with E-state index in [0.29, 0.717) is 22.7 Å². The Kier molecular flexibility index (Phi) is 3.63. The molecule has 0 aliphatic heterocycles. The molecule has 0 fully saturated rings. The fraction of sp³-hybridized carbons (Fsp3) is 0.0714. The zero-order valence-electron chi connectivity index (χ0n) is 9.61. The second-order valence-corrected chi connectivity index (χ2v) is 4.24. The van der Waals surface area contributed by atoms with Gasteiger partial charge in [-0.15, -0.1) is 0 Å². The highest BCUT2D eigenvalue weighted by Crippen LogP contribution is 2.27. The van der Waals surface area contributed by atoms with Crippen LogP contribution in [0.25, 0.3) is 17.4 Å². The zero-order valence-corrected chi connectivity index (χ0v) is 10.4. The van der Waals surface area contributed by atoms with Crippen molar-refractivity contribution in [2.75, 3.05) is 0 Å². The van der Waals surface area contributed by atoms with Crippen molar-refractivity contribution in [3.05, 3.63) is 52.5 Å². The summed E-state index contributed by atoms with van der Waals surface area (Å²) in [4.78, 5) is 10.5. The van der Waals surface area contributed by atoms with Crippen molar-refractivity contribution in [2.45, 2.75) is 6.92 Å². The molecule has 1 aromatic carbocycles. The van der Waals surface area contributed by atoms with Crippen LogP contribution in [0.15, 0.2) is 40.3 Å². The molecule has 92 valence electrons. The molecule has 1 heterocycles. The SMILES string of the molecule is CC(C=O)=Cc1ccc(-c2ccc(F)c(Cl)c2)o1. The van der Waals surface area contributed by atoms with Crippen molar-refractivity contribution < 1.29 is 13.6 Å². The summed E-state index contributed by atoms with van der Waals surface area (Å²) >= 11 is 5.70. The van der Waals surface area contributed by atoms with Gasteiger partial charge >= 0.3 is 0 Å². The number of allylic oxidation sites excluding steroid dienone is 1. The summed E-state index contributed by atoms with van der Waals surface area (Å²) in [6.45, 7) is 1.68. The number of benzene rings is 1. The van der Waals surface area contributed by atoms with Crippen LogP contribution in [0.3, 0.4) is 0 Å². The minimum atomic E-state index is -0.469. The highest BCUT2D eigenvalue weighted by molar-refractivity contribution is 6.31. The molecular weight excluding hydrogens is 255 g/mol. The van der Waals surface area contributed by atoms with Gasteiger partial charge in [0.05, 0.1) is 5.02 Å². The number of furan rings is 1. The number of rotatable bonds is 3. The molecule has 0 N–H and O–H groups in total. The van der Waals surface area contributed by atoms with Crippen LogP contribution in [0.2, 0.25) is 5.02 Å². The maximum absolute atomic E-state index is 13.0. The fourth-order valence-corrected chi connectivity index (χ4v) is 1.67. The van der Waals surface area contributed by atoms with E-state index in [1.165, 1.54) is 12.1 Å². The Hall–Kier alpha value is -1.87. The second kappa shape index (κ2) is 5.19. The molecule has 0 aliphatic rings. The average molecular weight is 265 g/mol. The van der Waals surface area contributed by atoms with E-state index in [4.69, 9.17) is 16.0 Å². The standard InChI is InChI=1S/C14H10ClFO2/c1-9(8-17)6-11-3-5-14(18-11)10-2-4-13(16)12(15)7-10/h2-8H,1H3. The van der Waals surface area contributed by atoms with Crippen molar-refractivity contribution in [3.63, 3.8) is 0 Å². The molecule has 4 heteroatoms. The van der Waals surface area contributed by atoms with Crippen molar-refractivity contribution in [1.82, 2.24) is 0 Å². The van der Waals surface area contributed by atoms with E-state index in [9.17, 15) is 9.18 Å². The molecule has 0 saturated heterocycles. The third-order valence-electron chi connectivity index (χ3n) is 2.39. The van der Waals surface area contributed by atoms with E-state index in [1.807, 2.05) is 0 Å². The lowest BCUT2D eigenvalue weighted by molar-refractivity contribution is -0.104. The summed E-state index contributed by atoms with van der Waals surface area (Å²) in [6, 6.07) is 7.84. The van der Waals surface area contributed by atoms with Crippen LogP contribution in [0.4, 0.5) is 4.39 Å². The second-order valence-electron chi connectivity index (χ2n) is 3.84. The quantitative estimate of drug-likeness (QED) is 0.610. The van der Waals surface area contributed by atoms with Crippen molar-refractivity contribution in [2.24, 2.45) is 0 Å². The number of hydrogen-bond donors (Lipinski definition) is 0. The predicted octanol–water partition coefficient (Wildman–Crippen LogP) is 4.34. The van der Waals surface area contributed by atoms with Gasteiger partial charge in [0, 0.05) is 5.56 Å². The van der Waals surface area contributed by atoms with Crippen LogP contribution >= 0.6 is 11.6 Å². The normalized spacial score (nSPS) is 11.6. The predicted molar refractivity (Wildman–Crippen MR) is 68.8 cm³/mol. The van der Waals surface area contributed by atoms with E-state index < -0.39 is 5.82 Å². The number of hydrogen-bond acceptors (Lipinski definition) is 2. The van der Waals surface area contributed by atoms with Crippen molar-refractivity contribution in [3.8, 4) is 11.3 Å². The smallest absolute Gasteiger partial charge is 0.145 e. The maximum atomic E-state index is 13.0. The van der Waals surface area contributed by atoms with E-state index >= 15 is 0 Å². The van der Waals surface area contributed by atoms with E-state index in [-0.39, 0.29) is 5.02 Å². The lowest BCUT2D eigenvalue weighted by Gasteiger charge is -1.98. The highest BCUT2D eigenvalue weighted by atomic mass is 35.5. The lowest BCUT2D eigenvalue weighted by Crippen LogP contribution is -1.79. The summed E-state index contributed by atoms with van der Waals surface area (Å²) < 4.78 is 18.5. The summed E-state index contributed by atoms with van der Waals surface area (Å²) in [5, 5.41) is 0.0464. The third kappa shape index (κ3) is 2.68. The molecule has 0 radical (unpaired) electrons. The number of carbonyl (C=O) groups is 1. The van der Waals surface area contributed by atoms with E-state index in [0.717, 1.165) is 6.29 Å². The molecule has 0 amide bonds. The zero-order chi connectivity index (χ0) is 13.1. The molecule has 0 unspecified atom stereocenters. The lowest BCUT2D eigenvalue weighted by atomic mass is 10.2. The number of aldehydes is 1. The van der Waals surface area contributed by atoms with Gasteiger partial charge in [-0.25, -0.2) is 4.39 Å². The number of halogens is 2. The fourth-order valence-electron chi connectivity index (χ4n) is 1.49. The topological polar surface area (TPSA) is 30.2 Å². The Bertz CT molecular complexity index is 614. The van der Waals surface area contributed by atoms with E-state index in [2.05, 4.69) is 0 Å². The van der Waals surface area contributed by atoms with E-state index in [1.54, 1.807) is 31.2 Å². The van der Waals surface area contributed by atoms with Gasteiger partial charge in [-0.1, -0.05) is 11.6 Å². The van der Waals surface area contributed by atoms with Crippen LogP contribution in [0.1, 0.15) is 12.7 Å². The highest BCUT2D eigenvalue weighted by Gasteiger charge is 2.06. The largest absolute Gasteiger partial charge is 0.457 e. The van der Waals surface area contributed by atoms with Gasteiger partial charge in [-0.05, 0) is 48.9 Å². The molecule has 0 bridgehead atoms. The number of carbonyl (C=O) groups excluding carboxylic acids is 1. The van der Waals surface area contributed by atoms with Crippen LogP contribution < -0.4 is 0 Å². The Balaban J connectivity index is 2.35. The molecule has 0 saturated carbocycles. The third-order valence-corrected chi connectivity index (χ3v) is 2.68. The Morgan fingerprint density at radius 1 is 1.33 bits per heavy atom. The van der Waals surface area contributed by atoms with Gasteiger partial charge in [-0.3, -0.25) is 4.79 Å². The molecule has 18 heavy (non-hydrogen) atoms. The monoisotopic (exact) mass is 264 g/mol. The molecule has 0 atom stereocenters. The summed E-state index contributed by atoms with van der Waals surface area (Å²) in [5.41, 5.74) is 1.25. The van der Waals surface area contributed by atoms with Crippen LogP contribution in [-0.4, -0.2) is 6.29 Å². The van der Waals surface area contributed by atoms with Gasteiger partial charge in [-0.2, -0.15) is 0 Å². The first-order valence-corrected chi connectivity index (χ1v) is 5.66. The molecule has 0 aliphatic carbocycles. The van der Waals surface area contributed by atoms with Gasteiger partial charge < -0.3 is 4.42 Å². The first kappa shape index (κ1) is 12.6. The molecule has 2 aromatic rings. The van der Waals surface area contributed by atoms with Crippen LogP contribution in [0.5, 0.6) is 0 Å². The summed E-state index contributed by atoms with van der Waals surface area (Å²) in [5.74, 6) is 0.667. The Morgan fingerprint density at radius 3 is 2.78 bits per heavy atom. The Morgan fingerprint density at radius 2 is 2.11 bits per heavy atom. The molecule has 0 spiro atoms. The first-order valence-electron chi connectivity index (χ1n) is 5.29. The molecular formula is C14H10ClFO2. The van der Waals surface area contributed by atoms with Gasteiger partial charge in [0.25, 0.3) is 0 Å². The summed E-state index contributed by atoms with van der Waals surface area (Å²) in [6.07, 6.45) is 2.37. The van der Waals surface area contributed by atoms with Crippen LogP contribution in [-0.2, 0) is 4.79 Å². The molecule has 1 aromatic heterocycles. The van der Waals surface area contributed by atoms with Gasteiger partial charge in [0.15, 0.2) is 0 Å². The van der Waals surface area contributed by atoms with Crippen molar-refractivity contribution >= 4 is 24.0 Å². The first-order chi connectivity index (χ1) is 8.60. The maximum Gasteiger partial charge on any atom is 0.145 e. The Labute approximate surface area is 109 Å². The minimum Gasteiger partial charge on any atom is -0.457 e. The van der Waals surface area contributed by atoms with Crippen molar-refractivity contribution in [1.29, 1.82) is 0 Å². The van der Waals surface area contributed by atoms with Gasteiger partial charge in [0.2, 0.25) is 0 Å². The van der Waals surface area contributed by atoms with Crippen LogP contribution in [0, 0.1) is 5.82 Å². The van der Waals surface area contributed by atoms with Gasteiger partial charge in [0.1, 0.15) is 23.6 Å². The molecule has 2 rings (SSSR count). The summed E-state index contributed by atoms with van der Waals surface area (Å²) in [7, 11) is 0. The average Bonchev–Trinajstić information content (AvgIpc) is 2.81. The molecule has 2 nitrogen and oxygen atoms in total.